The molecule has 2 saturated heterocycles. The van der Waals surface area contributed by atoms with Crippen molar-refractivity contribution in [3.8, 4) is 5.75 Å². The average molecular weight is 403 g/mol. The highest BCUT2D eigenvalue weighted by Crippen LogP contribution is 2.31. The molecular weight excluding hydrogens is 374 g/mol. The van der Waals surface area contributed by atoms with Gasteiger partial charge in [0.1, 0.15) is 5.75 Å². The third-order valence-corrected chi connectivity index (χ3v) is 5.92. The number of nitrogens with one attached hydrogen (secondary N) is 1. The molecule has 158 valence electrons. The van der Waals surface area contributed by atoms with Crippen molar-refractivity contribution in [2.45, 2.75) is 44.1 Å². The lowest BCUT2D eigenvalue weighted by atomic mass is 9.86. The normalized spacial score (nSPS) is 21.8. The van der Waals surface area contributed by atoms with E-state index in [0.717, 1.165) is 24.5 Å². The van der Waals surface area contributed by atoms with Gasteiger partial charge in [-0.3, -0.25) is 14.4 Å². The summed E-state index contributed by atoms with van der Waals surface area (Å²) in [6.07, 6.45) is 2.15. The van der Waals surface area contributed by atoms with Crippen LogP contribution in [-0.2, 0) is 14.4 Å². The van der Waals surface area contributed by atoms with Crippen LogP contribution < -0.4 is 15.0 Å². The van der Waals surface area contributed by atoms with Crippen molar-refractivity contribution in [2.24, 2.45) is 0 Å². The number of anilines is 1. The van der Waals surface area contributed by atoms with Crippen LogP contribution in [0.5, 0.6) is 5.75 Å². The predicted octanol–water partition coefficient (Wildman–Crippen LogP) is 1.64. The smallest absolute Gasteiger partial charge is 0.303 e. The molecule has 1 aromatic carbocycles. The van der Waals surface area contributed by atoms with Crippen molar-refractivity contribution in [2.75, 3.05) is 38.2 Å². The Morgan fingerprint density at radius 2 is 1.90 bits per heavy atom. The van der Waals surface area contributed by atoms with Crippen molar-refractivity contribution in [3.05, 3.63) is 24.3 Å². The summed E-state index contributed by atoms with van der Waals surface area (Å²) in [4.78, 5) is 39.5. The zero-order valence-corrected chi connectivity index (χ0v) is 16.9. The maximum Gasteiger partial charge on any atom is 0.303 e. The van der Waals surface area contributed by atoms with Crippen molar-refractivity contribution >= 4 is 23.5 Å². The van der Waals surface area contributed by atoms with Gasteiger partial charge in [0.15, 0.2) is 0 Å². The number of nitrogens with zero attached hydrogens (tertiary/aromatic N) is 2. The zero-order valence-electron chi connectivity index (χ0n) is 16.9. The Kier molecular flexibility index (Phi) is 6.61. The van der Waals surface area contributed by atoms with E-state index in [4.69, 9.17) is 9.84 Å². The van der Waals surface area contributed by atoms with E-state index in [-0.39, 0.29) is 18.2 Å². The number of carbonyl (C=O) groups excluding carboxylic acids is 2. The van der Waals surface area contributed by atoms with Crippen molar-refractivity contribution < 1.29 is 24.2 Å². The largest absolute Gasteiger partial charge is 0.497 e. The number of hydrogen-bond donors (Lipinski definition) is 2. The molecule has 3 rings (SSSR count). The minimum Gasteiger partial charge on any atom is -0.497 e. The molecule has 0 aromatic heterocycles. The molecule has 1 aromatic rings. The standard InChI is InChI=1S/C21H29N3O5/c1-29-17-4-2-3-16(15-17)23-11-13-24(14-12-23)19(26)6-9-21(10-7-20(27)28)8-5-18(25)22-21/h2-4,15H,5-14H2,1H3,(H,22,25)(H,27,28). The Balaban J connectivity index is 1.51. The molecule has 1 atom stereocenters. The summed E-state index contributed by atoms with van der Waals surface area (Å²) in [6.45, 7) is 2.79. The SMILES string of the molecule is COc1cccc(N2CCN(C(=O)CCC3(CCC(=O)O)CCC(=O)N3)CC2)c1. The summed E-state index contributed by atoms with van der Waals surface area (Å²) in [5, 5.41) is 11.9. The Labute approximate surface area is 170 Å². The van der Waals surface area contributed by atoms with Crippen LogP contribution in [0.3, 0.4) is 0 Å². The quantitative estimate of drug-likeness (QED) is 0.685. The molecule has 0 saturated carbocycles. The molecule has 29 heavy (non-hydrogen) atoms. The number of benzene rings is 1. The molecule has 2 heterocycles. The summed E-state index contributed by atoms with van der Waals surface area (Å²) in [5.41, 5.74) is 0.519. The zero-order chi connectivity index (χ0) is 20.9. The van der Waals surface area contributed by atoms with Crippen LogP contribution >= 0.6 is 0 Å². The lowest BCUT2D eigenvalue weighted by molar-refractivity contribution is -0.137. The number of ether oxygens (including phenoxy) is 1. The van der Waals surface area contributed by atoms with E-state index in [0.29, 0.717) is 45.2 Å². The van der Waals surface area contributed by atoms with E-state index in [1.54, 1.807) is 7.11 Å². The van der Waals surface area contributed by atoms with Crippen LogP contribution in [0.25, 0.3) is 0 Å². The Morgan fingerprint density at radius 1 is 1.17 bits per heavy atom. The number of methoxy groups -OCH3 is 1. The highest BCUT2D eigenvalue weighted by molar-refractivity contribution is 5.80. The molecule has 1 unspecified atom stereocenters. The number of piperazine rings is 1. The summed E-state index contributed by atoms with van der Waals surface area (Å²) in [6, 6.07) is 7.89. The maximum atomic E-state index is 12.7. The van der Waals surface area contributed by atoms with Crippen LogP contribution in [0.4, 0.5) is 5.69 Å². The summed E-state index contributed by atoms with van der Waals surface area (Å²) >= 11 is 0. The highest BCUT2D eigenvalue weighted by Gasteiger charge is 2.38. The van der Waals surface area contributed by atoms with Gasteiger partial charge in [0.05, 0.1) is 7.11 Å². The van der Waals surface area contributed by atoms with E-state index < -0.39 is 11.5 Å². The molecule has 0 bridgehead atoms. The molecule has 2 fully saturated rings. The number of aliphatic carboxylic acids is 1. The topological polar surface area (TPSA) is 99.2 Å². The van der Waals surface area contributed by atoms with Gasteiger partial charge < -0.3 is 25.0 Å². The van der Waals surface area contributed by atoms with Gasteiger partial charge in [-0.2, -0.15) is 0 Å². The molecule has 8 heteroatoms. The number of carboxylic acid groups (broad SMARTS) is 1. The average Bonchev–Trinajstić information content (AvgIpc) is 3.12. The van der Waals surface area contributed by atoms with Crippen LogP contribution in [0.2, 0.25) is 0 Å². The van der Waals surface area contributed by atoms with E-state index in [1.807, 2.05) is 29.2 Å². The molecular formula is C21H29N3O5. The number of carbonyl (C=O) groups is 3. The summed E-state index contributed by atoms with van der Waals surface area (Å²) in [5.74, 6) is -0.0716. The van der Waals surface area contributed by atoms with Crippen LogP contribution in [0, 0.1) is 0 Å². The van der Waals surface area contributed by atoms with Gasteiger partial charge in [0.25, 0.3) is 0 Å². The molecule has 8 nitrogen and oxygen atoms in total. The second kappa shape index (κ2) is 9.15. The van der Waals surface area contributed by atoms with Gasteiger partial charge in [-0.1, -0.05) is 6.07 Å². The van der Waals surface area contributed by atoms with Crippen molar-refractivity contribution in [1.29, 1.82) is 0 Å². The van der Waals surface area contributed by atoms with Gasteiger partial charge in [0.2, 0.25) is 11.8 Å². The minimum absolute atomic E-state index is 0.00627. The Bertz CT molecular complexity index is 760. The van der Waals surface area contributed by atoms with Gasteiger partial charge in [-0.05, 0) is 31.4 Å². The van der Waals surface area contributed by atoms with E-state index >= 15 is 0 Å². The lowest BCUT2D eigenvalue weighted by Gasteiger charge is -2.37. The van der Waals surface area contributed by atoms with Gasteiger partial charge in [0, 0.05) is 62.7 Å². The molecule has 0 aliphatic carbocycles. The predicted molar refractivity (Wildman–Crippen MR) is 108 cm³/mol. The van der Waals surface area contributed by atoms with Crippen LogP contribution in [0.15, 0.2) is 24.3 Å². The second-order valence-corrected chi connectivity index (χ2v) is 7.79. The fourth-order valence-electron chi connectivity index (χ4n) is 4.15. The Hall–Kier alpha value is -2.77. The van der Waals surface area contributed by atoms with E-state index in [2.05, 4.69) is 10.2 Å². The van der Waals surface area contributed by atoms with Gasteiger partial charge in [-0.15, -0.1) is 0 Å². The number of carboxylic acids is 1. The minimum atomic E-state index is -0.884. The summed E-state index contributed by atoms with van der Waals surface area (Å²) in [7, 11) is 1.64. The Morgan fingerprint density at radius 3 is 2.52 bits per heavy atom. The number of hydrogen-bond acceptors (Lipinski definition) is 5. The van der Waals surface area contributed by atoms with Gasteiger partial charge in [-0.25, -0.2) is 0 Å². The second-order valence-electron chi connectivity index (χ2n) is 7.79. The third-order valence-electron chi connectivity index (χ3n) is 5.92. The first-order chi connectivity index (χ1) is 13.9. The number of amides is 2. The fourth-order valence-corrected chi connectivity index (χ4v) is 4.15. The van der Waals surface area contributed by atoms with Crippen molar-refractivity contribution in [1.82, 2.24) is 10.2 Å². The molecule has 0 radical (unpaired) electrons. The molecule has 2 aliphatic heterocycles. The molecule has 2 N–H and O–H groups in total. The first-order valence-electron chi connectivity index (χ1n) is 10.1. The lowest BCUT2D eigenvalue weighted by Crippen LogP contribution is -2.49. The third kappa shape index (κ3) is 5.40. The van der Waals surface area contributed by atoms with Crippen LogP contribution in [-0.4, -0.2) is 66.6 Å². The monoisotopic (exact) mass is 403 g/mol. The van der Waals surface area contributed by atoms with Crippen LogP contribution in [0.1, 0.15) is 38.5 Å². The number of rotatable bonds is 8. The van der Waals surface area contributed by atoms with E-state index in [9.17, 15) is 14.4 Å². The summed E-state index contributed by atoms with van der Waals surface area (Å²) < 4.78 is 5.28. The fraction of sp³-hybridized carbons (Fsp3) is 0.571. The molecule has 2 amide bonds. The molecule has 2 aliphatic rings. The first-order valence-corrected chi connectivity index (χ1v) is 10.1. The molecule has 0 spiro atoms. The highest BCUT2D eigenvalue weighted by atomic mass is 16.5. The first kappa shape index (κ1) is 21.0. The van der Waals surface area contributed by atoms with Gasteiger partial charge >= 0.3 is 5.97 Å². The van der Waals surface area contributed by atoms with E-state index in [1.165, 1.54) is 0 Å². The maximum absolute atomic E-state index is 12.7. The van der Waals surface area contributed by atoms with Crippen molar-refractivity contribution in [3.63, 3.8) is 0 Å².